The first kappa shape index (κ1) is 26.2. The molecule has 204 valence electrons. The van der Waals surface area contributed by atoms with Crippen LogP contribution < -0.4 is 15.0 Å². The molecule has 2 unspecified atom stereocenters. The lowest BCUT2D eigenvalue weighted by Gasteiger charge is -2.36. The molecule has 1 saturated heterocycles. The van der Waals surface area contributed by atoms with Crippen LogP contribution in [0.4, 0.5) is 11.4 Å². The molecule has 11 heteroatoms. The van der Waals surface area contributed by atoms with Crippen molar-refractivity contribution < 1.29 is 19.2 Å². The first-order chi connectivity index (χ1) is 19.1. The van der Waals surface area contributed by atoms with Crippen molar-refractivity contribution in [2.45, 2.75) is 37.1 Å². The first-order valence-corrected chi connectivity index (χ1v) is 13.5. The van der Waals surface area contributed by atoms with E-state index >= 15 is 0 Å². The lowest BCUT2D eigenvalue weighted by atomic mass is 9.79. The second-order valence-electron chi connectivity index (χ2n) is 10.1. The number of nitrogens with one attached hydrogen (secondary N) is 1. The Kier molecular flexibility index (Phi) is 6.05. The molecule has 2 atom stereocenters. The average molecular weight is 579 g/mol. The summed E-state index contributed by atoms with van der Waals surface area (Å²) in [6, 6.07) is 11.4. The summed E-state index contributed by atoms with van der Waals surface area (Å²) in [4.78, 5) is 41.6. The molecule has 0 bridgehead atoms. The third kappa shape index (κ3) is 3.47. The third-order valence-electron chi connectivity index (χ3n) is 7.59. The Balaban J connectivity index is 1.74. The summed E-state index contributed by atoms with van der Waals surface area (Å²) in [7, 11) is 1.56. The number of alkyl halides is 1. The van der Waals surface area contributed by atoms with E-state index in [0.717, 1.165) is 0 Å². The number of nitrogens with zero attached hydrogens (tertiary/aromatic N) is 3. The second-order valence-corrected chi connectivity index (χ2v) is 11.1. The second kappa shape index (κ2) is 9.25. The predicted octanol–water partition coefficient (Wildman–Crippen LogP) is 5.98. The Morgan fingerprint density at radius 2 is 1.93 bits per heavy atom. The Bertz CT molecular complexity index is 1690. The zero-order chi connectivity index (χ0) is 28.5. The molecule has 1 aromatic heterocycles. The standard InChI is InChI=1S/C29H24Cl2N4O5/c1-15(2)26-25-18(14-33(26)22-6-4-5-7-24(22)40-3)27(36)34(23-13-17(31)9-11-21(23)35(38)39)29(25)19-10-8-16(30)12-20(19)32-28(29)37/h4-7,9-16H,8H2,1-3H3,(H,32,37). The number of amides is 2. The van der Waals surface area contributed by atoms with Crippen molar-refractivity contribution in [1.29, 1.82) is 0 Å². The number of benzene rings is 2. The fraction of sp³-hybridized carbons (Fsp3) is 0.241. The van der Waals surface area contributed by atoms with Crippen LogP contribution in [0.15, 0.2) is 72.1 Å². The number of fused-ring (bicyclic) bond motifs is 4. The maximum Gasteiger partial charge on any atom is 0.293 e. The van der Waals surface area contributed by atoms with Crippen LogP contribution in [-0.4, -0.2) is 33.8 Å². The lowest BCUT2D eigenvalue weighted by Crippen LogP contribution is -2.51. The van der Waals surface area contributed by atoms with E-state index in [2.05, 4.69) is 5.32 Å². The number of aromatic nitrogens is 1. The zero-order valence-electron chi connectivity index (χ0n) is 21.8. The lowest BCUT2D eigenvalue weighted by molar-refractivity contribution is -0.384. The minimum Gasteiger partial charge on any atom is -0.495 e. The Morgan fingerprint density at radius 3 is 2.62 bits per heavy atom. The molecule has 3 heterocycles. The van der Waals surface area contributed by atoms with Crippen LogP contribution >= 0.6 is 23.2 Å². The molecule has 1 N–H and O–H groups in total. The highest BCUT2D eigenvalue weighted by Crippen LogP contribution is 2.57. The van der Waals surface area contributed by atoms with Gasteiger partial charge in [-0.1, -0.05) is 43.7 Å². The maximum atomic E-state index is 14.5. The van der Waals surface area contributed by atoms with Gasteiger partial charge in [0.2, 0.25) is 0 Å². The molecular weight excluding hydrogens is 555 g/mol. The zero-order valence-corrected chi connectivity index (χ0v) is 23.3. The van der Waals surface area contributed by atoms with Gasteiger partial charge in [-0.15, -0.1) is 11.6 Å². The molecule has 2 amide bonds. The van der Waals surface area contributed by atoms with Gasteiger partial charge in [-0.3, -0.25) is 24.6 Å². The number of allylic oxidation sites excluding steroid dienone is 2. The molecule has 1 spiro atoms. The number of methoxy groups -OCH3 is 1. The Hall–Kier alpha value is -4.08. The van der Waals surface area contributed by atoms with E-state index in [0.29, 0.717) is 40.4 Å². The minimum absolute atomic E-state index is 0.0671. The normalized spacial score (nSPS) is 21.4. The van der Waals surface area contributed by atoms with Crippen molar-refractivity contribution in [2.24, 2.45) is 0 Å². The van der Waals surface area contributed by atoms with Crippen molar-refractivity contribution in [3.05, 3.63) is 104 Å². The van der Waals surface area contributed by atoms with E-state index in [-0.39, 0.29) is 33.3 Å². The predicted molar refractivity (Wildman–Crippen MR) is 152 cm³/mol. The van der Waals surface area contributed by atoms with Crippen LogP contribution in [0.25, 0.3) is 5.69 Å². The molecular formula is C29H24Cl2N4O5. The number of nitro groups is 1. The molecule has 1 aliphatic carbocycles. The van der Waals surface area contributed by atoms with Gasteiger partial charge in [0.25, 0.3) is 17.5 Å². The van der Waals surface area contributed by atoms with Crippen LogP contribution in [0.2, 0.25) is 5.02 Å². The van der Waals surface area contributed by atoms with Gasteiger partial charge in [-0.25, -0.2) is 0 Å². The van der Waals surface area contributed by atoms with Gasteiger partial charge in [0.15, 0.2) is 5.54 Å². The summed E-state index contributed by atoms with van der Waals surface area (Å²) < 4.78 is 7.50. The van der Waals surface area contributed by atoms with Gasteiger partial charge in [-0.2, -0.15) is 0 Å². The number of halogens is 2. The number of hydrogen-bond acceptors (Lipinski definition) is 5. The monoisotopic (exact) mass is 578 g/mol. The number of hydrogen-bond donors (Lipinski definition) is 1. The molecule has 2 aliphatic heterocycles. The fourth-order valence-corrected chi connectivity index (χ4v) is 6.48. The van der Waals surface area contributed by atoms with E-state index in [1.54, 1.807) is 19.4 Å². The van der Waals surface area contributed by atoms with Gasteiger partial charge in [0.05, 0.1) is 28.7 Å². The number of anilines is 1. The number of carbonyl (C=O) groups excluding carboxylic acids is 2. The number of rotatable bonds is 5. The van der Waals surface area contributed by atoms with Crippen molar-refractivity contribution in [2.75, 3.05) is 12.0 Å². The van der Waals surface area contributed by atoms with Crippen molar-refractivity contribution in [3.8, 4) is 11.4 Å². The Labute approximate surface area is 239 Å². The van der Waals surface area contributed by atoms with Gasteiger partial charge in [0, 0.05) is 39.8 Å². The molecule has 0 saturated carbocycles. The summed E-state index contributed by atoms with van der Waals surface area (Å²) in [5.74, 6) is -0.642. The summed E-state index contributed by atoms with van der Waals surface area (Å²) >= 11 is 12.7. The topological polar surface area (TPSA) is 107 Å². The number of nitro benzene ring substituents is 1. The van der Waals surface area contributed by atoms with Crippen LogP contribution in [-0.2, 0) is 10.3 Å². The van der Waals surface area contributed by atoms with Gasteiger partial charge in [0.1, 0.15) is 11.4 Å². The molecule has 40 heavy (non-hydrogen) atoms. The summed E-state index contributed by atoms with van der Waals surface area (Å²) in [6.07, 6.45) is 5.67. The number of para-hydroxylation sites is 2. The number of carbonyl (C=O) groups is 2. The van der Waals surface area contributed by atoms with Crippen molar-refractivity contribution in [1.82, 2.24) is 9.88 Å². The van der Waals surface area contributed by atoms with Gasteiger partial charge < -0.3 is 14.6 Å². The highest BCUT2D eigenvalue weighted by Gasteiger charge is 2.65. The van der Waals surface area contributed by atoms with Crippen molar-refractivity contribution >= 4 is 46.4 Å². The third-order valence-corrected chi connectivity index (χ3v) is 8.13. The highest BCUT2D eigenvalue weighted by molar-refractivity contribution is 6.31. The molecule has 9 nitrogen and oxygen atoms in total. The fourth-order valence-electron chi connectivity index (χ4n) is 6.10. The van der Waals surface area contributed by atoms with Gasteiger partial charge in [-0.05, 0) is 42.7 Å². The quantitative estimate of drug-likeness (QED) is 0.228. The van der Waals surface area contributed by atoms with E-state index < -0.39 is 22.3 Å². The summed E-state index contributed by atoms with van der Waals surface area (Å²) in [5, 5.41) is 14.9. The molecule has 0 radical (unpaired) electrons. The van der Waals surface area contributed by atoms with Gasteiger partial charge >= 0.3 is 0 Å². The largest absolute Gasteiger partial charge is 0.495 e. The first-order valence-electron chi connectivity index (χ1n) is 12.7. The summed E-state index contributed by atoms with van der Waals surface area (Å²) in [5.41, 5.74) is 0.982. The van der Waals surface area contributed by atoms with Crippen LogP contribution in [0.5, 0.6) is 5.75 Å². The maximum absolute atomic E-state index is 14.5. The average Bonchev–Trinajstić information content (AvgIpc) is 3.52. The smallest absolute Gasteiger partial charge is 0.293 e. The molecule has 2 aromatic carbocycles. The van der Waals surface area contributed by atoms with E-state index in [1.807, 2.05) is 48.8 Å². The van der Waals surface area contributed by atoms with Crippen molar-refractivity contribution in [3.63, 3.8) is 0 Å². The highest BCUT2D eigenvalue weighted by atomic mass is 35.5. The van der Waals surface area contributed by atoms with E-state index in [4.69, 9.17) is 27.9 Å². The molecule has 3 aliphatic rings. The minimum atomic E-state index is -1.72. The SMILES string of the molecule is COc1ccccc1-n1cc2c(c1C(C)C)C1(C(=O)NC3=CC(Cl)CC=C31)N(c1cc(Cl)ccc1[N+](=O)[O-])C2=O. The Morgan fingerprint density at radius 1 is 1.18 bits per heavy atom. The van der Waals surface area contributed by atoms with E-state index in [1.165, 1.54) is 23.1 Å². The van der Waals surface area contributed by atoms with Crippen LogP contribution in [0.1, 0.15) is 47.8 Å². The van der Waals surface area contributed by atoms with Crippen LogP contribution in [0.3, 0.4) is 0 Å². The molecule has 6 rings (SSSR count). The molecule has 1 fully saturated rings. The van der Waals surface area contributed by atoms with Crippen LogP contribution in [0, 0.1) is 10.1 Å². The molecule has 3 aromatic rings. The van der Waals surface area contributed by atoms with E-state index in [9.17, 15) is 19.7 Å². The number of ether oxygens (including phenoxy) is 1. The summed E-state index contributed by atoms with van der Waals surface area (Å²) in [6.45, 7) is 3.94.